The number of anilines is 1. The van der Waals surface area contributed by atoms with Crippen molar-refractivity contribution < 1.29 is 0 Å². The number of nitrogens with zero attached hydrogens (tertiary/aromatic N) is 2. The Morgan fingerprint density at radius 3 is 2.76 bits per heavy atom. The van der Waals surface area contributed by atoms with E-state index in [2.05, 4.69) is 43.1 Å². The minimum Gasteiger partial charge on any atom is -0.348 e. The van der Waals surface area contributed by atoms with Gasteiger partial charge in [-0.05, 0) is 26.8 Å². The van der Waals surface area contributed by atoms with Crippen molar-refractivity contribution in [1.82, 2.24) is 10.3 Å². The molecule has 0 saturated carbocycles. The molecular weight excluding hydrogens is 210 g/mol. The van der Waals surface area contributed by atoms with Gasteiger partial charge in [-0.3, -0.25) is 0 Å². The molecule has 17 heavy (non-hydrogen) atoms. The molecule has 3 nitrogen and oxygen atoms in total. The van der Waals surface area contributed by atoms with Gasteiger partial charge in [0.15, 0.2) is 0 Å². The molecule has 3 heteroatoms. The Bertz CT molecular complexity index is 399. The molecular formula is C14H21N3. The Morgan fingerprint density at radius 2 is 2.18 bits per heavy atom. The van der Waals surface area contributed by atoms with Crippen LogP contribution >= 0.6 is 0 Å². The molecule has 0 aliphatic heterocycles. The third-order valence-corrected chi connectivity index (χ3v) is 2.37. The second kappa shape index (κ2) is 5.70. The molecule has 0 amide bonds. The second-order valence-electron chi connectivity index (χ2n) is 5.15. The van der Waals surface area contributed by atoms with E-state index in [0.717, 1.165) is 12.4 Å². The van der Waals surface area contributed by atoms with Crippen LogP contribution in [0.25, 0.3) is 0 Å². The lowest BCUT2D eigenvalue weighted by molar-refractivity contribution is 0.424. The summed E-state index contributed by atoms with van der Waals surface area (Å²) in [5.41, 5.74) is 1.26. The fourth-order valence-corrected chi connectivity index (χ4v) is 1.48. The van der Waals surface area contributed by atoms with Crippen molar-refractivity contribution in [2.45, 2.75) is 32.9 Å². The minimum atomic E-state index is 0.0950. The van der Waals surface area contributed by atoms with Crippen LogP contribution in [0, 0.1) is 12.3 Å². The average Bonchev–Trinajstić information content (AvgIpc) is 2.26. The van der Waals surface area contributed by atoms with Gasteiger partial charge < -0.3 is 10.2 Å². The van der Waals surface area contributed by atoms with Gasteiger partial charge in [0.05, 0.1) is 6.54 Å². The van der Waals surface area contributed by atoms with E-state index in [4.69, 9.17) is 6.42 Å². The van der Waals surface area contributed by atoms with Crippen LogP contribution in [-0.2, 0) is 6.54 Å². The molecule has 0 saturated heterocycles. The van der Waals surface area contributed by atoms with Gasteiger partial charge in [0.25, 0.3) is 0 Å². The lowest BCUT2D eigenvalue weighted by atomic mass is 10.1. The molecule has 0 bridgehead atoms. The maximum absolute atomic E-state index is 5.32. The summed E-state index contributed by atoms with van der Waals surface area (Å²) in [4.78, 5) is 6.37. The summed E-state index contributed by atoms with van der Waals surface area (Å²) in [7, 11) is 1.96. The molecule has 1 N–H and O–H groups in total. The molecule has 0 radical (unpaired) electrons. The first-order chi connectivity index (χ1) is 7.94. The second-order valence-corrected chi connectivity index (χ2v) is 5.15. The van der Waals surface area contributed by atoms with Crippen molar-refractivity contribution in [3.8, 4) is 12.3 Å². The first-order valence-electron chi connectivity index (χ1n) is 5.77. The zero-order valence-electron chi connectivity index (χ0n) is 11.1. The van der Waals surface area contributed by atoms with Crippen molar-refractivity contribution in [3.05, 3.63) is 23.9 Å². The number of aromatic nitrogens is 1. The Balaban J connectivity index is 2.82. The molecule has 1 aromatic heterocycles. The van der Waals surface area contributed by atoms with E-state index in [1.165, 1.54) is 5.56 Å². The van der Waals surface area contributed by atoms with Crippen LogP contribution in [0.3, 0.4) is 0 Å². The monoisotopic (exact) mass is 231 g/mol. The van der Waals surface area contributed by atoms with Crippen LogP contribution in [0.4, 0.5) is 5.82 Å². The zero-order valence-corrected chi connectivity index (χ0v) is 11.1. The van der Waals surface area contributed by atoms with E-state index >= 15 is 0 Å². The van der Waals surface area contributed by atoms with Gasteiger partial charge in [0.2, 0.25) is 0 Å². The van der Waals surface area contributed by atoms with Gasteiger partial charge >= 0.3 is 0 Å². The summed E-state index contributed by atoms with van der Waals surface area (Å²) in [6.45, 7) is 7.80. The molecule has 0 aliphatic carbocycles. The lowest BCUT2D eigenvalue weighted by Crippen LogP contribution is -2.35. The van der Waals surface area contributed by atoms with Crippen molar-refractivity contribution in [2.24, 2.45) is 0 Å². The van der Waals surface area contributed by atoms with Gasteiger partial charge in [-0.1, -0.05) is 12.0 Å². The molecule has 92 valence electrons. The Hall–Kier alpha value is -1.53. The quantitative estimate of drug-likeness (QED) is 0.804. The minimum absolute atomic E-state index is 0.0950. The van der Waals surface area contributed by atoms with Crippen molar-refractivity contribution in [3.63, 3.8) is 0 Å². The highest BCUT2D eigenvalue weighted by molar-refractivity contribution is 5.46. The zero-order chi connectivity index (χ0) is 12.9. The van der Waals surface area contributed by atoms with E-state index < -0.39 is 0 Å². The Kier molecular flexibility index (Phi) is 4.53. The molecule has 0 spiro atoms. The van der Waals surface area contributed by atoms with Gasteiger partial charge in [-0.2, -0.15) is 0 Å². The number of pyridine rings is 1. The number of terminal acetylenes is 1. The number of hydrogen-bond acceptors (Lipinski definition) is 3. The molecule has 0 aromatic carbocycles. The summed E-state index contributed by atoms with van der Waals surface area (Å²) in [6, 6.07) is 4.03. The van der Waals surface area contributed by atoms with Crippen molar-refractivity contribution >= 4 is 5.82 Å². The summed E-state index contributed by atoms with van der Waals surface area (Å²) >= 11 is 0. The van der Waals surface area contributed by atoms with Gasteiger partial charge in [-0.15, -0.1) is 6.42 Å². The Morgan fingerprint density at radius 1 is 1.47 bits per heavy atom. The van der Waals surface area contributed by atoms with E-state index in [1.807, 2.05) is 18.0 Å². The van der Waals surface area contributed by atoms with Crippen molar-refractivity contribution in [1.29, 1.82) is 0 Å². The van der Waals surface area contributed by atoms with Crippen LogP contribution in [0.1, 0.15) is 26.3 Å². The highest BCUT2D eigenvalue weighted by atomic mass is 15.2. The fraction of sp³-hybridized carbons (Fsp3) is 0.500. The SMILES string of the molecule is C#CCN(C)c1ncccc1CNC(C)(C)C. The molecule has 0 atom stereocenters. The molecule has 1 rings (SSSR count). The average molecular weight is 231 g/mol. The Labute approximate surface area is 104 Å². The summed E-state index contributed by atoms with van der Waals surface area (Å²) in [5, 5.41) is 3.46. The maximum Gasteiger partial charge on any atom is 0.133 e. The third-order valence-electron chi connectivity index (χ3n) is 2.37. The largest absolute Gasteiger partial charge is 0.348 e. The first-order valence-corrected chi connectivity index (χ1v) is 5.77. The van der Waals surface area contributed by atoms with Crippen LogP contribution in [0.15, 0.2) is 18.3 Å². The van der Waals surface area contributed by atoms with Crippen molar-refractivity contribution in [2.75, 3.05) is 18.5 Å². The highest BCUT2D eigenvalue weighted by Crippen LogP contribution is 2.16. The van der Waals surface area contributed by atoms with Crippen LogP contribution in [-0.4, -0.2) is 24.1 Å². The topological polar surface area (TPSA) is 28.2 Å². The summed E-state index contributed by atoms with van der Waals surface area (Å²) in [6.07, 6.45) is 7.12. The van der Waals surface area contributed by atoms with E-state index in [1.54, 1.807) is 6.20 Å². The van der Waals surface area contributed by atoms with E-state index in [9.17, 15) is 0 Å². The fourth-order valence-electron chi connectivity index (χ4n) is 1.48. The van der Waals surface area contributed by atoms with Crippen LogP contribution in [0.2, 0.25) is 0 Å². The van der Waals surface area contributed by atoms with Gasteiger partial charge in [0, 0.05) is 30.9 Å². The standard InChI is InChI=1S/C14H21N3/c1-6-10-17(5)13-12(8-7-9-15-13)11-16-14(2,3)4/h1,7-9,16H,10-11H2,2-5H3. The normalized spacial score (nSPS) is 11.0. The molecule has 1 aromatic rings. The van der Waals surface area contributed by atoms with Gasteiger partial charge in [-0.25, -0.2) is 4.98 Å². The van der Waals surface area contributed by atoms with E-state index in [0.29, 0.717) is 6.54 Å². The lowest BCUT2D eigenvalue weighted by Gasteiger charge is -2.23. The van der Waals surface area contributed by atoms with Gasteiger partial charge in [0.1, 0.15) is 5.82 Å². The number of rotatable bonds is 4. The number of hydrogen-bond donors (Lipinski definition) is 1. The van der Waals surface area contributed by atoms with E-state index in [-0.39, 0.29) is 5.54 Å². The van der Waals surface area contributed by atoms with Crippen LogP contribution < -0.4 is 10.2 Å². The number of nitrogens with one attached hydrogen (secondary N) is 1. The molecule has 0 aliphatic rings. The van der Waals surface area contributed by atoms with Crippen LogP contribution in [0.5, 0.6) is 0 Å². The predicted octanol–water partition coefficient (Wildman–Crippen LogP) is 2.04. The molecule has 0 unspecified atom stereocenters. The third kappa shape index (κ3) is 4.46. The predicted molar refractivity (Wildman–Crippen MR) is 72.9 cm³/mol. The molecule has 1 heterocycles. The first kappa shape index (κ1) is 13.5. The summed E-state index contributed by atoms with van der Waals surface area (Å²) in [5.74, 6) is 3.58. The summed E-state index contributed by atoms with van der Waals surface area (Å²) < 4.78 is 0. The molecule has 0 fully saturated rings. The smallest absolute Gasteiger partial charge is 0.133 e. The maximum atomic E-state index is 5.32. The highest BCUT2D eigenvalue weighted by Gasteiger charge is 2.12.